The molecule has 3 N–H and O–H groups in total. The number of nitrogens with zero attached hydrogens (tertiary/aromatic N) is 3. The number of carbonyl (C=O) groups excluding carboxylic acids is 1. The van der Waals surface area contributed by atoms with Crippen LogP contribution in [0.1, 0.15) is 51.3 Å². The first kappa shape index (κ1) is 20.6. The number of hydrogen-bond acceptors (Lipinski definition) is 5. The zero-order chi connectivity index (χ0) is 20.1. The van der Waals surface area contributed by atoms with Gasteiger partial charge in [-0.3, -0.25) is 4.79 Å². The van der Waals surface area contributed by atoms with Crippen molar-refractivity contribution in [3.63, 3.8) is 0 Å². The number of nitrogens with one attached hydrogen (secondary N) is 1. The van der Waals surface area contributed by atoms with Crippen molar-refractivity contribution in [1.29, 1.82) is 0 Å². The molecule has 1 heterocycles. The number of aromatic nitrogens is 3. The Morgan fingerprint density at radius 1 is 1.29 bits per heavy atom. The van der Waals surface area contributed by atoms with E-state index in [4.69, 9.17) is 5.84 Å². The molecule has 9 heteroatoms. The van der Waals surface area contributed by atoms with Gasteiger partial charge in [-0.25, -0.2) is 13.5 Å². The molecule has 2 aromatic rings. The molecular weight excluding hydrogens is 384 g/mol. The van der Waals surface area contributed by atoms with Crippen molar-refractivity contribution in [3.8, 4) is 0 Å². The highest BCUT2D eigenvalue weighted by atomic mass is 32.2. The molecule has 0 aliphatic heterocycles. The molecule has 0 spiro atoms. The van der Waals surface area contributed by atoms with Crippen molar-refractivity contribution >= 4 is 23.4 Å². The molecular formula is C19H25F2N5OS. The second kappa shape index (κ2) is 9.36. The van der Waals surface area contributed by atoms with Crippen LogP contribution in [0.4, 0.5) is 14.5 Å². The van der Waals surface area contributed by atoms with Crippen LogP contribution < -0.4 is 11.2 Å². The van der Waals surface area contributed by atoms with Gasteiger partial charge < -0.3 is 11.2 Å². The lowest BCUT2D eigenvalue weighted by Gasteiger charge is -2.20. The van der Waals surface area contributed by atoms with Crippen LogP contribution in [0.2, 0.25) is 0 Å². The Morgan fingerprint density at radius 2 is 2.04 bits per heavy atom. The predicted octanol–water partition coefficient (Wildman–Crippen LogP) is 3.90. The highest BCUT2D eigenvalue weighted by Gasteiger charge is 2.21. The van der Waals surface area contributed by atoms with E-state index < -0.39 is 16.9 Å². The molecule has 1 aromatic carbocycles. The van der Waals surface area contributed by atoms with Gasteiger partial charge in [0.05, 0.1) is 5.25 Å². The topological polar surface area (TPSA) is 85.8 Å². The van der Waals surface area contributed by atoms with Gasteiger partial charge >= 0.3 is 0 Å². The van der Waals surface area contributed by atoms with E-state index in [1.807, 2.05) is 0 Å². The third-order valence-electron chi connectivity index (χ3n) is 5.07. The summed E-state index contributed by atoms with van der Waals surface area (Å²) in [5.41, 5.74) is 0.193. The minimum atomic E-state index is -1.01. The molecule has 1 amide bonds. The van der Waals surface area contributed by atoms with Crippen molar-refractivity contribution in [2.75, 3.05) is 11.2 Å². The third-order valence-corrected chi connectivity index (χ3v) is 6.13. The number of nitrogen functional groups attached to an aromatic ring is 1. The lowest BCUT2D eigenvalue weighted by molar-refractivity contribution is -0.115. The fourth-order valence-electron chi connectivity index (χ4n) is 3.40. The largest absolute Gasteiger partial charge is 0.336 e. The maximum Gasteiger partial charge on any atom is 0.237 e. The number of aryl methyl sites for hydroxylation is 1. The monoisotopic (exact) mass is 409 g/mol. The van der Waals surface area contributed by atoms with Crippen molar-refractivity contribution in [3.05, 3.63) is 35.7 Å². The molecule has 3 rings (SSSR count). The summed E-state index contributed by atoms with van der Waals surface area (Å²) in [6.45, 7) is 1.69. The molecule has 152 valence electrons. The molecule has 0 saturated heterocycles. The van der Waals surface area contributed by atoms with E-state index in [0.29, 0.717) is 11.0 Å². The van der Waals surface area contributed by atoms with Crippen LogP contribution in [-0.2, 0) is 11.2 Å². The van der Waals surface area contributed by atoms with Crippen molar-refractivity contribution in [2.45, 2.75) is 62.3 Å². The van der Waals surface area contributed by atoms with Gasteiger partial charge in [0.25, 0.3) is 0 Å². The molecule has 0 bridgehead atoms. The fraction of sp³-hybridized carbons (Fsp3) is 0.526. The van der Waals surface area contributed by atoms with Crippen LogP contribution in [0.15, 0.2) is 23.4 Å². The number of amides is 1. The number of nitrogens with two attached hydrogens (primary N) is 1. The Morgan fingerprint density at radius 3 is 2.75 bits per heavy atom. The average molecular weight is 410 g/mol. The van der Waals surface area contributed by atoms with Gasteiger partial charge in [0.2, 0.25) is 11.1 Å². The number of halogens is 2. The minimum absolute atomic E-state index is 0.193. The highest BCUT2D eigenvalue weighted by Crippen LogP contribution is 2.28. The molecule has 6 nitrogen and oxygen atoms in total. The Hall–Kier alpha value is -2.16. The van der Waals surface area contributed by atoms with E-state index in [1.165, 1.54) is 54.6 Å². The molecule has 1 atom stereocenters. The summed E-state index contributed by atoms with van der Waals surface area (Å²) in [4.78, 5) is 12.3. The fourth-order valence-corrected chi connectivity index (χ4v) is 4.19. The number of rotatable bonds is 7. The van der Waals surface area contributed by atoms with E-state index in [9.17, 15) is 13.6 Å². The Bertz CT molecular complexity index is 823. The maximum atomic E-state index is 13.3. The molecule has 0 radical (unpaired) electrons. The second-order valence-corrected chi connectivity index (χ2v) is 8.50. The first-order chi connectivity index (χ1) is 13.4. The van der Waals surface area contributed by atoms with E-state index in [0.717, 1.165) is 30.9 Å². The highest BCUT2D eigenvalue weighted by molar-refractivity contribution is 8.00. The lowest BCUT2D eigenvalue weighted by Crippen LogP contribution is -2.24. The number of carbonyl (C=O) groups is 1. The summed E-state index contributed by atoms with van der Waals surface area (Å²) >= 11 is 1.17. The van der Waals surface area contributed by atoms with Gasteiger partial charge in [-0.05, 0) is 31.4 Å². The number of hydrogen-bond donors (Lipinski definition) is 2. The summed E-state index contributed by atoms with van der Waals surface area (Å²) < 4.78 is 27.7. The lowest BCUT2D eigenvalue weighted by atomic mass is 9.86. The smallest absolute Gasteiger partial charge is 0.237 e. The standard InChI is InChI=1S/C19H25F2N5OS/c1-12(18(27)23-14-8-9-15(20)16(21)11-14)28-19-25-24-17(26(19)22)10-7-13-5-3-2-4-6-13/h8-9,11-13H,2-7,10,22H2,1H3,(H,23,27)/t12-/m1/s1. The van der Waals surface area contributed by atoms with Gasteiger partial charge in [-0.15, -0.1) is 10.2 Å². The minimum Gasteiger partial charge on any atom is -0.336 e. The summed E-state index contributed by atoms with van der Waals surface area (Å²) in [6, 6.07) is 3.22. The Kier molecular flexibility index (Phi) is 6.88. The zero-order valence-corrected chi connectivity index (χ0v) is 16.6. The molecule has 28 heavy (non-hydrogen) atoms. The Balaban J connectivity index is 1.54. The molecule has 1 fully saturated rings. The zero-order valence-electron chi connectivity index (χ0n) is 15.8. The third kappa shape index (κ3) is 5.21. The predicted molar refractivity (Wildman–Crippen MR) is 105 cm³/mol. The van der Waals surface area contributed by atoms with E-state index >= 15 is 0 Å². The number of anilines is 1. The van der Waals surface area contributed by atoms with E-state index in [1.54, 1.807) is 6.92 Å². The van der Waals surface area contributed by atoms with E-state index in [-0.39, 0.29) is 11.6 Å². The van der Waals surface area contributed by atoms with Gasteiger partial charge in [0.15, 0.2) is 17.5 Å². The van der Waals surface area contributed by atoms with Gasteiger partial charge in [-0.1, -0.05) is 43.9 Å². The normalized spacial score (nSPS) is 16.1. The number of benzene rings is 1. The van der Waals surface area contributed by atoms with Gasteiger partial charge in [0, 0.05) is 18.2 Å². The Labute approximate surface area is 167 Å². The van der Waals surface area contributed by atoms with Crippen LogP contribution in [-0.4, -0.2) is 26.0 Å². The van der Waals surface area contributed by atoms with Crippen LogP contribution in [0.25, 0.3) is 0 Å². The first-order valence-corrected chi connectivity index (χ1v) is 10.4. The van der Waals surface area contributed by atoms with Crippen LogP contribution in [0.5, 0.6) is 0 Å². The molecule has 1 aromatic heterocycles. The number of thioether (sulfide) groups is 1. The molecule has 1 aliphatic rings. The van der Waals surface area contributed by atoms with Crippen LogP contribution >= 0.6 is 11.8 Å². The van der Waals surface area contributed by atoms with Crippen LogP contribution in [0.3, 0.4) is 0 Å². The maximum absolute atomic E-state index is 13.3. The molecule has 1 aliphatic carbocycles. The molecule has 1 saturated carbocycles. The summed E-state index contributed by atoms with van der Waals surface area (Å²) in [5, 5.41) is 10.7. The van der Waals surface area contributed by atoms with Crippen molar-refractivity contribution < 1.29 is 13.6 Å². The quantitative estimate of drug-likeness (QED) is 0.535. The SMILES string of the molecule is C[C@@H](Sc1nnc(CCC2CCCCC2)n1N)C(=O)Nc1ccc(F)c(F)c1. The van der Waals surface area contributed by atoms with Crippen LogP contribution in [0, 0.1) is 17.6 Å². The first-order valence-electron chi connectivity index (χ1n) is 9.56. The summed E-state index contributed by atoms with van der Waals surface area (Å²) in [6.07, 6.45) is 8.27. The van der Waals surface area contributed by atoms with Gasteiger partial charge in [-0.2, -0.15) is 0 Å². The van der Waals surface area contributed by atoms with E-state index in [2.05, 4.69) is 15.5 Å². The summed E-state index contributed by atoms with van der Waals surface area (Å²) in [5.74, 6) is 5.21. The van der Waals surface area contributed by atoms with Crippen molar-refractivity contribution in [2.24, 2.45) is 5.92 Å². The van der Waals surface area contributed by atoms with Gasteiger partial charge in [0.1, 0.15) is 0 Å². The molecule has 0 unspecified atom stereocenters. The van der Waals surface area contributed by atoms with Crippen molar-refractivity contribution in [1.82, 2.24) is 14.9 Å². The summed E-state index contributed by atoms with van der Waals surface area (Å²) in [7, 11) is 0. The average Bonchev–Trinajstić information content (AvgIpc) is 3.03. The second-order valence-electron chi connectivity index (χ2n) is 7.19.